The number of hydrogen-bond donors (Lipinski definition) is 2. The van der Waals surface area contributed by atoms with E-state index < -0.39 is 10.0 Å². The van der Waals surface area contributed by atoms with Gasteiger partial charge in [-0.25, -0.2) is 8.42 Å². The Morgan fingerprint density at radius 1 is 1.47 bits per heavy atom. The minimum atomic E-state index is -3.51. The maximum absolute atomic E-state index is 12.6. The maximum Gasteiger partial charge on any atom is 0.246 e. The highest BCUT2D eigenvalue weighted by Crippen LogP contribution is 2.23. The number of aromatic amines is 1. The number of rotatable bonds is 7. The van der Waals surface area contributed by atoms with Crippen LogP contribution in [0.2, 0.25) is 0 Å². The topological polar surface area (TPSA) is 92.1 Å². The van der Waals surface area contributed by atoms with Crippen LogP contribution in [0.5, 0.6) is 0 Å². The van der Waals surface area contributed by atoms with Crippen LogP contribution >= 0.6 is 0 Å². The lowest BCUT2D eigenvalue weighted by atomic mass is 9.94. The largest absolute Gasteiger partial charge is 0.330 e. The molecule has 7 heteroatoms. The zero-order valence-electron chi connectivity index (χ0n) is 12.1. The van der Waals surface area contributed by atoms with Crippen molar-refractivity contribution in [3.8, 4) is 0 Å². The summed E-state index contributed by atoms with van der Waals surface area (Å²) < 4.78 is 26.7. The second kappa shape index (κ2) is 6.02. The second-order valence-corrected chi connectivity index (χ2v) is 7.47. The third-order valence-corrected chi connectivity index (χ3v) is 4.99. The van der Waals surface area contributed by atoms with E-state index in [0.717, 1.165) is 6.42 Å². The molecule has 0 atom stereocenters. The molecule has 0 radical (unpaired) electrons. The lowest BCUT2D eigenvalue weighted by molar-refractivity contribution is 0.266. The van der Waals surface area contributed by atoms with Gasteiger partial charge in [0.25, 0.3) is 0 Å². The Hall–Kier alpha value is -0.920. The molecule has 1 aromatic rings. The number of nitrogens with one attached hydrogen (secondary N) is 1. The summed E-state index contributed by atoms with van der Waals surface area (Å²) in [4.78, 5) is 0.244. The molecule has 1 heterocycles. The van der Waals surface area contributed by atoms with E-state index in [0.29, 0.717) is 25.3 Å². The molecule has 0 aliphatic rings. The number of aromatic nitrogens is 2. The van der Waals surface area contributed by atoms with Gasteiger partial charge in [-0.15, -0.1) is 0 Å². The average Bonchev–Trinajstić information content (AvgIpc) is 2.75. The quantitative estimate of drug-likeness (QED) is 0.786. The van der Waals surface area contributed by atoms with Crippen LogP contribution in [0.1, 0.15) is 32.9 Å². The highest BCUT2D eigenvalue weighted by atomic mass is 32.2. The van der Waals surface area contributed by atoms with E-state index in [9.17, 15) is 8.42 Å². The molecule has 0 bridgehead atoms. The Bertz CT molecular complexity index is 508. The molecule has 0 saturated heterocycles. The molecule has 0 amide bonds. The monoisotopic (exact) mass is 288 g/mol. The predicted molar refractivity (Wildman–Crippen MR) is 75.2 cm³/mol. The maximum atomic E-state index is 12.6. The summed E-state index contributed by atoms with van der Waals surface area (Å²) in [6.45, 7) is 8.92. The Labute approximate surface area is 115 Å². The molecule has 1 aromatic heterocycles. The first-order valence-electron chi connectivity index (χ1n) is 6.45. The van der Waals surface area contributed by atoms with Crippen LogP contribution < -0.4 is 5.73 Å². The van der Waals surface area contributed by atoms with Gasteiger partial charge in [0.05, 0.1) is 11.9 Å². The summed E-state index contributed by atoms with van der Waals surface area (Å²) >= 11 is 0. The number of hydrogen-bond acceptors (Lipinski definition) is 4. The Kier molecular flexibility index (Phi) is 5.11. The van der Waals surface area contributed by atoms with Crippen molar-refractivity contribution < 1.29 is 8.42 Å². The number of nitrogens with zero attached hydrogens (tertiary/aromatic N) is 2. The van der Waals surface area contributed by atoms with Gasteiger partial charge in [0.1, 0.15) is 4.90 Å². The summed E-state index contributed by atoms with van der Waals surface area (Å²) in [5, 5.41) is 6.46. The van der Waals surface area contributed by atoms with E-state index in [-0.39, 0.29) is 10.3 Å². The number of nitrogens with two attached hydrogens (primary N) is 1. The molecule has 110 valence electrons. The summed E-state index contributed by atoms with van der Waals surface area (Å²) in [5.74, 6) is 0. The molecule has 1 rings (SSSR count). The summed E-state index contributed by atoms with van der Waals surface area (Å²) in [6, 6.07) is 0. The minimum Gasteiger partial charge on any atom is -0.330 e. The van der Waals surface area contributed by atoms with Crippen LogP contribution in [0.25, 0.3) is 0 Å². The fourth-order valence-electron chi connectivity index (χ4n) is 1.81. The van der Waals surface area contributed by atoms with E-state index >= 15 is 0 Å². The number of aryl methyl sites for hydroxylation is 1. The summed E-state index contributed by atoms with van der Waals surface area (Å²) in [7, 11) is -3.51. The van der Waals surface area contributed by atoms with E-state index in [1.165, 1.54) is 10.5 Å². The second-order valence-electron chi connectivity index (χ2n) is 5.57. The van der Waals surface area contributed by atoms with Crippen LogP contribution in [-0.2, 0) is 10.0 Å². The van der Waals surface area contributed by atoms with Gasteiger partial charge in [-0.1, -0.05) is 20.8 Å². The van der Waals surface area contributed by atoms with Crippen molar-refractivity contribution in [3.63, 3.8) is 0 Å². The van der Waals surface area contributed by atoms with Crippen LogP contribution in [0.4, 0.5) is 0 Å². The first-order valence-corrected chi connectivity index (χ1v) is 7.89. The molecule has 0 spiro atoms. The highest BCUT2D eigenvalue weighted by Gasteiger charge is 2.31. The lowest BCUT2D eigenvalue weighted by Gasteiger charge is -2.30. The van der Waals surface area contributed by atoms with Gasteiger partial charge in [-0.05, 0) is 25.3 Å². The molecule has 3 N–H and O–H groups in total. The SMILES string of the molecule is CCCN(CC(C)(C)CN)S(=O)(=O)c1cn[nH]c1C. The zero-order chi connectivity index (χ0) is 14.7. The molecular weight excluding hydrogens is 264 g/mol. The highest BCUT2D eigenvalue weighted by molar-refractivity contribution is 7.89. The first kappa shape index (κ1) is 16.1. The van der Waals surface area contributed by atoms with E-state index in [2.05, 4.69) is 10.2 Å². The lowest BCUT2D eigenvalue weighted by Crippen LogP contribution is -2.42. The Morgan fingerprint density at radius 2 is 2.11 bits per heavy atom. The average molecular weight is 288 g/mol. The normalized spacial score (nSPS) is 13.2. The number of H-pyrrole nitrogens is 1. The third-order valence-electron chi connectivity index (χ3n) is 3.03. The molecule has 6 nitrogen and oxygen atoms in total. The summed E-state index contributed by atoms with van der Waals surface area (Å²) in [6.07, 6.45) is 2.12. The molecule has 0 fully saturated rings. The summed E-state index contributed by atoms with van der Waals surface area (Å²) in [5.41, 5.74) is 6.01. The van der Waals surface area contributed by atoms with Gasteiger partial charge in [0.15, 0.2) is 0 Å². The smallest absolute Gasteiger partial charge is 0.246 e. The van der Waals surface area contributed by atoms with Crippen molar-refractivity contribution in [1.29, 1.82) is 0 Å². The Morgan fingerprint density at radius 3 is 2.53 bits per heavy atom. The van der Waals surface area contributed by atoms with Gasteiger partial charge in [0, 0.05) is 13.1 Å². The van der Waals surface area contributed by atoms with E-state index in [4.69, 9.17) is 5.73 Å². The molecule has 0 unspecified atom stereocenters. The van der Waals surface area contributed by atoms with Crippen molar-refractivity contribution in [2.45, 2.75) is 39.0 Å². The Balaban J connectivity index is 3.09. The minimum absolute atomic E-state index is 0.244. The standard InChI is InChI=1S/C12H24N4O2S/c1-5-6-16(9-12(3,4)8-13)19(17,18)11-7-14-15-10(11)2/h7H,5-6,8-9,13H2,1-4H3,(H,14,15). The molecule has 0 aromatic carbocycles. The van der Waals surface area contributed by atoms with Crippen molar-refractivity contribution in [1.82, 2.24) is 14.5 Å². The van der Waals surface area contributed by atoms with Crippen molar-refractivity contribution in [3.05, 3.63) is 11.9 Å². The van der Waals surface area contributed by atoms with Crippen molar-refractivity contribution >= 4 is 10.0 Å². The fraction of sp³-hybridized carbons (Fsp3) is 0.750. The van der Waals surface area contributed by atoms with Crippen molar-refractivity contribution in [2.75, 3.05) is 19.6 Å². The predicted octanol–water partition coefficient (Wildman–Crippen LogP) is 1.10. The van der Waals surface area contributed by atoms with Crippen LogP contribution in [0.15, 0.2) is 11.1 Å². The fourth-order valence-corrected chi connectivity index (χ4v) is 3.65. The van der Waals surface area contributed by atoms with Crippen molar-refractivity contribution in [2.24, 2.45) is 11.1 Å². The number of sulfonamides is 1. The molecule has 0 saturated carbocycles. The molecule has 0 aliphatic heterocycles. The van der Waals surface area contributed by atoms with E-state index in [1.54, 1.807) is 6.92 Å². The van der Waals surface area contributed by atoms with Gasteiger partial charge in [0.2, 0.25) is 10.0 Å². The van der Waals surface area contributed by atoms with Crippen LogP contribution in [-0.4, -0.2) is 42.6 Å². The van der Waals surface area contributed by atoms with Crippen LogP contribution in [0.3, 0.4) is 0 Å². The van der Waals surface area contributed by atoms with Crippen LogP contribution in [0, 0.1) is 12.3 Å². The molecule has 19 heavy (non-hydrogen) atoms. The van der Waals surface area contributed by atoms with E-state index in [1.807, 2.05) is 20.8 Å². The van der Waals surface area contributed by atoms with Gasteiger partial charge in [-0.2, -0.15) is 9.40 Å². The first-order chi connectivity index (χ1) is 8.74. The van der Waals surface area contributed by atoms with Gasteiger partial charge < -0.3 is 5.73 Å². The molecular formula is C12H24N4O2S. The third kappa shape index (κ3) is 3.77. The van der Waals surface area contributed by atoms with Gasteiger partial charge >= 0.3 is 0 Å². The molecule has 0 aliphatic carbocycles. The van der Waals surface area contributed by atoms with Gasteiger partial charge in [-0.3, -0.25) is 5.10 Å². The zero-order valence-corrected chi connectivity index (χ0v) is 12.9.